The molecular weight excluding hydrogens is 302 g/mol. The summed E-state index contributed by atoms with van der Waals surface area (Å²) in [5.74, 6) is 0.806. The van der Waals surface area contributed by atoms with E-state index in [9.17, 15) is 4.79 Å². The summed E-state index contributed by atoms with van der Waals surface area (Å²) in [6.07, 6.45) is -0.0657. The molecule has 0 spiro atoms. The van der Waals surface area contributed by atoms with Crippen molar-refractivity contribution in [1.29, 1.82) is 0 Å². The van der Waals surface area contributed by atoms with Crippen LogP contribution in [-0.4, -0.2) is 37.1 Å². The van der Waals surface area contributed by atoms with Crippen molar-refractivity contribution in [2.24, 2.45) is 0 Å². The molecule has 1 fully saturated rings. The van der Waals surface area contributed by atoms with Crippen LogP contribution in [0.5, 0.6) is 5.75 Å². The van der Waals surface area contributed by atoms with Gasteiger partial charge >= 0.3 is 0 Å². The number of ether oxygens (including phenoxy) is 2. The summed E-state index contributed by atoms with van der Waals surface area (Å²) in [6.45, 7) is 5.78. The molecular formula is C20H23NO3. The van der Waals surface area contributed by atoms with Gasteiger partial charge in [0.2, 0.25) is 0 Å². The minimum atomic E-state index is -0.0657. The summed E-state index contributed by atoms with van der Waals surface area (Å²) < 4.78 is 11.6. The molecule has 1 aliphatic rings. The van der Waals surface area contributed by atoms with E-state index in [2.05, 4.69) is 0 Å². The Balaban J connectivity index is 1.61. The van der Waals surface area contributed by atoms with Gasteiger partial charge in [0.15, 0.2) is 6.61 Å². The highest BCUT2D eigenvalue weighted by molar-refractivity contribution is 5.78. The molecule has 24 heavy (non-hydrogen) atoms. The van der Waals surface area contributed by atoms with E-state index < -0.39 is 0 Å². The van der Waals surface area contributed by atoms with Crippen LogP contribution in [-0.2, 0) is 9.53 Å². The first-order chi connectivity index (χ1) is 11.6. The van der Waals surface area contributed by atoms with E-state index in [1.54, 1.807) is 0 Å². The summed E-state index contributed by atoms with van der Waals surface area (Å²) in [5, 5.41) is 0. The fraction of sp³-hybridized carbons (Fsp3) is 0.350. The number of hydrogen-bond acceptors (Lipinski definition) is 3. The minimum absolute atomic E-state index is 0.00174. The van der Waals surface area contributed by atoms with Crippen LogP contribution in [0.25, 0.3) is 0 Å². The highest BCUT2D eigenvalue weighted by Gasteiger charge is 2.25. The average molecular weight is 325 g/mol. The van der Waals surface area contributed by atoms with Gasteiger partial charge in [0.1, 0.15) is 11.9 Å². The molecule has 0 aromatic heterocycles. The Morgan fingerprint density at radius 1 is 1.12 bits per heavy atom. The van der Waals surface area contributed by atoms with E-state index in [0.717, 1.165) is 22.4 Å². The van der Waals surface area contributed by atoms with E-state index in [1.165, 1.54) is 0 Å². The highest BCUT2D eigenvalue weighted by Crippen LogP contribution is 2.24. The number of morpholine rings is 1. The average Bonchev–Trinajstić information content (AvgIpc) is 2.62. The third-order valence-electron chi connectivity index (χ3n) is 4.34. The van der Waals surface area contributed by atoms with E-state index in [4.69, 9.17) is 9.47 Å². The smallest absolute Gasteiger partial charge is 0.260 e. The Hall–Kier alpha value is -2.33. The third kappa shape index (κ3) is 3.77. The van der Waals surface area contributed by atoms with Gasteiger partial charge < -0.3 is 14.4 Å². The number of hydrogen-bond donors (Lipinski definition) is 0. The molecule has 4 nitrogen and oxygen atoms in total. The molecule has 1 atom stereocenters. The first-order valence-electron chi connectivity index (χ1n) is 8.28. The molecule has 2 aromatic carbocycles. The van der Waals surface area contributed by atoms with Gasteiger partial charge in [0, 0.05) is 6.54 Å². The van der Waals surface area contributed by atoms with Gasteiger partial charge in [-0.3, -0.25) is 4.79 Å². The van der Waals surface area contributed by atoms with Crippen LogP contribution < -0.4 is 4.74 Å². The maximum atomic E-state index is 12.5. The standard InChI is InChI=1S/C20H23NO3/c1-15-7-6-8-16(2)20(15)24-14-19(22)21-11-12-23-18(13-21)17-9-4-3-5-10-17/h3-10,18H,11-14H2,1-2H3. The van der Waals surface area contributed by atoms with E-state index in [0.29, 0.717) is 19.7 Å². The third-order valence-corrected chi connectivity index (χ3v) is 4.34. The Morgan fingerprint density at radius 2 is 1.83 bits per heavy atom. The maximum absolute atomic E-state index is 12.5. The van der Waals surface area contributed by atoms with E-state index in [1.807, 2.05) is 67.3 Å². The molecule has 1 unspecified atom stereocenters. The first kappa shape index (κ1) is 16.5. The molecule has 0 bridgehead atoms. The molecule has 4 heteroatoms. The zero-order valence-corrected chi connectivity index (χ0v) is 14.2. The van der Waals surface area contributed by atoms with E-state index in [-0.39, 0.29) is 18.6 Å². The molecule has 0 aliphatic carbocycles. The van der Waals surface area contributed by atoms with Crippen LogP contribution in [0.4, 0.5) is 0 Å². The Labute approximate surface area is 143 Å². The Kier molecular flexibility index (Phi) is 5.16. The summed E-state index contributed by atoms with van der Waals surface area (Å²) in [5.41, 5.74) is 3.20. The first-order valence-corrected chi connectivity index (χ1v) is 8.28. The lowest BCUT2D eigenvalue weighted by Crippen LogP contribution is -2.44. The van der Waals surface area contributed by atoms with Crippen LogP contribution in [0.2, 0.25) is 0 Å². The highest BCUT2D eigenvalue weighted by atomic mass is 16.5. The zero-order valence-electron chi connectivity index (χ0n) is 14.2. The molecule has 0 N–H and O–H groups in total. The van der Waals surface area contributed by atoms with Gasteiger partial charge in [0.25, 0.3) is 5.91 Å². The summed E-state index contributed by atoms with van der Waals surface area (Å²) in [4.78, 5) is 14.3. The number of amides is 1. The number of carbonyl (C=O) groups excluding carboxylic acids is 1. The monoisotopic (exact) mass is 325 g/mol. The molecule has 2 aromatic rings. The fourth-order valence-electron chi connectivity index (χ4n) is 3.00. The van der Waals surface area contributed by atoms with Crippen LogP contribution in [0.1, 0.15) is 22.8 Å². The van der Waals surface area contributed by atoms with Crippen molar-refractivity contribution in [1.82, 2.24) is 4.90 Å². The lowest BCUT2D eigenvalue weighted by atomic mass is 10.1. The normalized spacial score (nSPS) is 17.6. The molecule has 0 radical (unpaired) electrons. The number of para-hydroxylation sites is 1. The summed E-state index contributed by atoms with van der Waals surface area (Å²) >= 11 is 0. The number of nitrogens with zero attached hydrogens (tertiary/aromatic N) is 1. The second kappa shape index (κ2) is 7.49. The van der Waals surface area contributed by atoms with Gasteiger partial charge in [-0.1, -0.05) is 48.5 Å². The fourth-order valence-corrected chi connectivity index (χ4v) is 3.00. The van der Waals surface area contributed by atoms with Crippen molar-refractivity contribution in [2.45, 2.75) is 20.0 Å². The Bertz CT molecular complexity index is 679. The van der Waals surface area contributed by atoms with Crippen molar-refractivity contribution < 1.29 is 14.3 Å². The van der Waals surface area contributed by atoms with Gasteiger partial charge in [0.05, 0.1) is 13.2 Å². The number of rotatable bonds is 4. The minimum Gasteiger partial charge on any atom is -0.483 e. The van der Waals surface area contributed by atoms with Crippen molar-refractivity contribution >= 4 is 5.91 Å². The molecule has 126 valence electrons. The van der Waals surface area contributed by atoms with Gasteiger partial charge in [-0.05, 0) is 30.5 Å². The lowest BCUT2D eigenvalue weighted by molar-refractivity contribution is -0.141. The molecule has 0 saturated carbocycles. The van der Waals surface area contributed by atoms with Gasteiger partial charge in [-0.15, -0.1) is 0 Å². The summed E-state index contributed by atoms with van der Waals surface area (Å²) in [6, 6.07) is 16.0. The summed E-state index contributed by atoms with van der Waals surface area (Å²) in [7, 11) is 0. The van der Waals surface area contributed by atoms with Crippen LogP contribution in [0, 0.1) is 13.8 Å². The predicted molar refractivity (Wildman–Crippen MR) is 93.1 cm³/mol. The van der Waals surface area contributed by atoms with Gasteiger partial charge in [-0.25, -0.2) is 0 Å². The van der Waals surface area contributed by atoms with Crippen molar-refractivity contribution in [3.63, 3.8) is 0 Å². The van der Waals surface area contributed by atoms with Crippen LogP contribution in [0.15, 0.2) is 48.5 Å². The maximum Gasteiger partial charge on any atom is 0.260 e. The second-order valence-corrected chi connectivity index (χ2v) is 6.12. The molecule has 1 amide bonds. The van der Waals surface area contributed by atoms with Crippen LogP contribution >= 0.6 is 0 Å². The SMILES string of the molecule is Cc1cccc(C)c1OCC(=O)N1CCOC(c2ccccc2)C1. The van der Waals surface area contributed by atoms with E-state index >= 15 is 0 Å². The predicted octanol–water partition coefficient (Wildman–Crippen LogP) is 3.28. The molecule has 3 rings (SSSR count). The number of carbonyl (C=O) groups is 1. The topological polar surface area (TPSA) is 38.8 Å². The van der Waals surface area contributed by atoms with Gasteiger partial charge in [-0.2, -0.15) is 0 Å². The van der Waals surface area contributed by atoms with Crippen molar-refractivity contribution in [2.75, 3.05) is 26.3 Å². The quantitative estimate of drug-likeness (QED) is 0.866. The van der Waals surface area contributed by atoms with Crippen LogP contribution in [0.3, 0.4) is 0 Å². The second-order valence-electron chi connectivity index (χ2n) is 6.12. The molecule has 1 aliphatic heterocycles. The zero-order chi connectivity index (χ0) is 16.9. The largest absolute Gasteiger partial charge is 0.483 e. The number of benzene rings is 2. The molecule has 1 heterocycles. The number of aryl methyl sites for hydroxylation is 2. The molecule has 1 saturated heterocycles. The lowest BCUT2D eigenvalue weighted by Gasteiger charge is -2.33. The van der Waals surface area contributed by atoms with Crippen molar-refractivity contribution in [3.05, 3.63) is 65.2 Å². The van der Waals surface area contributed by atoms with Crippen molar-refractivity contribution in [3.8, 4) is 5.75 Å². The Morgan fingerprint density at radius 3 is 2.54 bits per heavy atom.